The molecule has 2 unspecified atom stereocenters. The minimum Gasteiger partial charge on any atom is -0.380 e. The number of ether oxygens (including phenoxy) is 1. The highest BCUT2D eigenvalue weighted by Gasteiger charge is 2.35. The lowest BCUT2D eigenvalue weighted by atomic mass is 9.96. The third-order valence-electron chi connectivity index (χ3n) is 2.75. The molecule has 0 spiro atoms. The number of methoxy groups -OCH3 is 1. The van der Waals surface area contributed by atoms with E-state index in [4.69, 9.17) is 4.74 Å². The predicted octanol–water partition coefficient (Wildman–Crippen LogP) is 3.00. The van der Waals surface area contributed by atoms with Gasteiger partial charge in [-0.15, -0.1) is 0 Å². The van der Waals surface area contributed by atoms with Gasteiger partial charge in [-0.3, -0.25) is 0 Å². The molecule has 0 aliphatic rings. The van der Waals surface area contributed by atoms with Gasteiger partial charge >= 0.3 is 6.18 Å². The van der Waals surface area contributed by atoms with Crippen LogP contribution in [-0.4, -0.2) is 20.3 Å². The van der Waals surface area contributed by atoms with E-state index in [0.717, 1.165) is 6.07 Å². The lowest BCUT2D eigenvalue weighted by Gasteiger charge is -2.25. The van der Waals surface area contributed by atoms with Crippen molar-refractivity contribution >= 4 is 0 Å². The van der Waals surface area contributed by atoms with Crippen LogP contribution in [0.2, 0.25) is 0 Å². The molecule has 0 heterocycles. The highest BCUT2D eigenvalue weighted by molar-refractivity contribution is 5.33. The van der Waals surface area contributed by atoms with E-state index in [1.165, 1.54) is 19.2 Å². The van der Waals surface area contributed by atoms with Crippen molar-refractivity contribution in [1.82, 2.24) is 5.32 Å². The van der Waals surface area contributed by atoms with E-state index < -0.39 is 17.8 Å². The fourth-order valence-corrected chi connectivity index (χ4v) is 1.81. The number of rotatable bonds is 4. The first-order valence-electron chi connectivity index (χ1n) is 5.28. The Morgan fingerprint density at radius 3 is 2.29 bits per heavy atom. The van der Waals surface area contributed by atoms with Gasteiger partial charge < -0.3 is 10.1 Å². The molecule has 1 rings (SSSR count). The van der Waals surface area contributed by atoms with Gasteiger partial charge in [-0.1, -0.05) is 18.2 Å². The molecule has 0 aliphatic heterocycles. The van der Waals surface area contributed by atoms with E-state index in [1.807, 2.05) is 0 Å². The van der Waals surface area contributed by atoms with E-state index in [2.05, 4.69) is 5.32 Å². The van der Waals surface area contributed by atoms with Crippen LogP contribution in [0.15, 0.2) is 24.3 Å². The van der Waals surface area contributed by atoms with Crippen molar-refractivity contribution in [1.29, 1.82) is 0 Å². The summed E-state index contributed by atoms with van der Waals surface area (Å²) < 4.78 is 43.6. The molecule has 0 amide bonds. The van der Waals surface area contributed by atoms with E-state index >= 15 is 0 Å². The second kappa shape index (κ2) is 5.51. The van der Waals surface area contributed by atoms with Crippen LogP contribution < -0.4 is 5.32 Å². The Morgan fingerprint density at radius 1 is 1.24 bits per heavy atom. The number of benzene rings is 1. The summed E-state index contributed by atoms with van der Waals surface area (Å²) in [6.45, 7) is 1.73. The highest BCUT2D eigenvalue weighted by atomic mass is 19.4. The van der Waals surface area contributed by atoms with Crippen LogP contribution in [0.5, 0.6) is 0 Å². The maximum absolute atomic E-state index is 12.8. The molecular weight excluding hydrogens is 231 g/mol. The summed E-state index contributed by atoms with van der Waals surface area (Å²) in [7, 11) is 3.10. The SMILES string of the molecule is CNC(c1ccccc1C(F)(F)F)C(C)OC. The molecule has 2 atom stereocenters. The zero-order valence-electron chi connectivity index (χ0n) is 10.0. The van der Waals surface area contributed by atoms with Gasteiger partial charge in [-0.2, -0.15) is 13.2 Å². The summed E-state index contributed by atoms with van der Waals surface area (Å²) >= 11 is 0. The minimum absolute atomic E-state index is 0.205. The minimum atomic E-state index is -4.35. The topological polar surface area (TPSA) is 21.3 Å². The van der Waals surface area contributed by atoms with Crippen LogP contribution in [0.25, 0.3) is 0 Å². The van der Waals surface area contributed by atoms with E-state index in [1.54, 1.807) is 20.0 Å². The average molecular weight is 247 g/mol. The molecule has 0 bridgehead atoms. The van der Waals surface area contributed by atoms with E-state index in [9.17, 15) is 13.2 Å². The maximum Gasteiger partial charge on any atom is 0.416 e. The van der Waals surface area contributed by atoms with Crippen molar-refractivity contribution in [2.45, 2.75) is 25.2 Å². The second-order valence-electron chi connectivity index (χ2n) is 3.79. The summed E-state index contributed by atoms with van der Waals surface area (Å²) in [5.74, 6) is 0. The van der Waals surface area contributed by atoms with Crippen LogP contribution in [0.4, 0.5) is 13.2 Å². The average Bonchev–Trinajstić information content (AvgIpc) is 2.29. The Balaban J connectivity index is 3.20. The van der Waals surface area contributed by atoms with Gasteiger partial charge in [-0.05, 0) is 25.6 Å². The molecule has 0 aliphatic carbocycles. The Bertz CT molecular complexity index is 365. The molecule has 0 saturated carbocycles. The van der Waals surface area contributed by atoms with Crippen molar-refractivity contribution in [3.05, 3.63) is 35.4 Å². The Morgan fingerprint density at radius 2 is 1.82 bits per heavy atom. The third-order valence-corrected chi connectivity index (χ3v) is 2.75. The van der Waals surface area contributed by atoms with Gasteiger partial charge in [0.05, 0.1) is 17.7 Å². The van der Waals surface area contributed by atoms with Crippen molar-refractivity contribution in [3.63, 3.8) is 0 Å². The predicted molar refractivity (Wildman–Crippen MR) is 59.7 cm³/mol. The summed E-state index contributed by atoms with van der Waals surface area (Å²) in [6.07, 6.45) is -4.69. The van der Waals surface area contributed by atoms with Gasteiger partial charge in [0.25, 0.3) is 0 Å². The van der Waals surface area contributed by atoms with Gasteiger partial charge in [0, 0.05) is 7.11 Å². The smallest absolute Gasteiger partial charge is 0.380 e. The lowest BCUT2D eigenvalue weighted by Crippen LogP contribution is -2.30. The van der Waals surface area contributed by atoms with E-state index in [0.29, 0.717) is 0 Å². The normalized spacial score (nSPS) is 15.6. The van der Waals surface area contributed by atoms with Gasteiger partial charge in [0.15, 0.2) is 0 Å². The number of alkyl halides is 3. The standard InChI is InChI=1S/C12H16F3NO/c1-8(17-3)11(16-2)9-6-4-5-7-10(9)12(13,14)15/h4-8,11,16H,1-3H3. The van der Waals surface area contributed by atoms with Crippen molar-refractivity contribution in [2.24, 2.45) is 0 Å². The summed E-state index contributed by atoms with van der Waals surface area (Å²) in [4.78, 5) is 0. The van der Waals surface area contributed by atoms with Crippen LogP contribution in [-0.2, 0) is 10.9 Å². The molecule has 0 aromatic heterocycles. The summed E-state index contributed by atoms with van der Waals surface area (Å²) in [5, 5.41) is 2.86. The Kier molecular flexibility index (Phi) is 4.54. The van der Waals surface area contributed by atoms with Crippen molar-refractivity contribution < 1.29 is 17.9 Å². The lowest BCUT2D eigenvalue weighted by molar-refractivity contribution is -0.138. The molecule has 1 aromatic rings. The zero-order chi connectivity index (χ0) is 13.1. The van der Waals surface area contributed by atoms with Crippen molar-refractivity contribution in [3.8, 4) is 0 Å². The fraction of sp³-hybridized carbons (Fsp3) is 0.500. The molecule has 0 radical (unpaired) electrons. The molecule has 0 saturated heterocycles. The quantitative estimate of drug-likeness (QED) is 0.883. The second-order valence-corrected chi connectivity index (χ2v) is 3.79. The zero-order valence-corrected chi connectivity index (χ0v) is 10.0. The van der Waals surface area contributed by atoms with Crippen LogP contribution in [0.1, 0.15) is 24.1 Å². The van der Waals surface area contributed by atoms with E-state index in [-0.39, 0.29) is 11.7 Å². The van der Waals surface area contributed by atoms with Gasteiger partial charge in [0.1, 0.15) is 0 Å². The number of hydrogen-bond acceptors (Lipinski definition) is 2. The summed E-state index contributed by atoms with van der Waals surface area (Å²) in [6, 6.07) is 5.05. The first-order valence-corrected chi connectivity index (χ1v) is 5.28. The number of hydrogen-bond donors (Lipinski definition) is 1. The van der Waals surface area contributed by atoms with Crippen LogP contribution in [0.3, 0.4) is 0 Å². The molecular formula is C12H16F3NO. The highest BCUT2D eigenvalue weighted by Crippen LogP contribution is 2.35. The number of halogens is 3. The Labute approximate surface area is 98.8 Å². The molecule has 1 aromatic carbocycles. The fourth-order valence-electron chi connectivity index (χ4n) is 1.81. The summed E-state index contributed by atoms with van der Waals surface area (Å²) in [5.41, 5.74) is -0.417. The van der Waals surface area contributed by atoms with Gasteiger partial charge in [-0.25, -0.2) is 0 Å². The molecule has 2 nitrogen and oxygen atoms in total. The van der Waals surface area contributed by atoms with Gasteiger partial charge in [0.2, 0.25) is 0 Å². The first kappa shape index (κ1) is 14.0. The maximum atomic E-state index is 12.8. The molecule has 5 heteroatoms. The Hall–Kier alpha value is -1.07. The molecule has 1 N–H and O–H groups in total. The number of likely N-dealkylation sites (N-methyl/N-ethyl adjacent to an activating group) is 1. The molecule has 17 heavy (non-hydrogen) atoms. The molecule has 96 valence electrons. The van der Waals surface area contributed by atoms with Crippen LogP contribution >= 0.6 is 0 Å². The molecule has 0 fully saturated rings. The third kappa shape index (κ3) is 3.20. The van der Waals surface area contributed by atoms with Crippen molar-refractivity contribution in [2.75, 3.05) is 14.2 Å². The first-order chi connectivity index (χ1) is 7.91. The number of nitrogens with one attached hydrogen (secondary N) is 1. The monoisotopic (exact) mass is 247 g/mol. The largest absolute Gasteiger partial charge is 0.416 e. The van der Waals surface area contributed by atoms with Crippen LogP contribution in [0, 0.1) is 0 Å².